The second kappa shape index (κ2) is 5.75. The van der Waals surface area contributed by atoms with Gasteiger partial charge < -0.3 is 14.6 Å². The molecule has 0 amide bonds. The van der Waals surface area contributed by atoms with Gasteiger partial charge in [-0.2, -0.15) is 8.78 Å². The number of hydrogen-bond acceptors (Lipinski definition) is 3. The van der Waals surface area contributed by atoms with Gasteiger partial charge in [-0.15, -0.1) is 0 Å². The number of carboxylic acid groups (broad SMARTS) is 1. The molecule has 4 nitrogen and oxygen atoms in total. The first-order valence-electron chi connectivity index (χ1n) is 6.33. The molecule has 1 heterocycles. The van der Waals surface area contributed by atoms with Crippen LogP contribution in [0.2, 0.25) is 0 Å². The zero-order valence-corrected chi connectivity index (χ0v) is 11.1. The first kappa shape index (κ1) is 14.7. The van der Waals surface area contributed by atoms with E-state index >= 15 is 0 Å². The zero-order chi connectivity index (χ0) is 14.8. The fourth-order valence-electron chi connectivity index (χ4n) is 2.47. The average Bonchev–Trinajstić information content (AvgIpc) is 2.41. The lowest BCUT2D eigenvalue weighted by atomic mass is 9.74. The number of carboxylic acids is 1. The molecule has 0 radical (unpaired) electrons. The van der Waals surface area contributed by atoms with Crippen molar-refractivity contribution in [3.05, 3.63) is 29.3 Å². The summed E-state index contributed by atoms with van der Waals surface area (Å²) in [7, 11) is 0. The number of halogens is 2. The third-order valence-electron chi connectivity index (χ3n) is 3.71. The summed E-state index contributed by atoms with van der Waals surface area (Å²) in [6.07, 6.45) is 0.638. The maximum absolute atomic E-state index is 12.4. The van der Waals surface area contributed by atoms with Crippen LogP contribution in [0, 0.1) is 6.92 Å². The lowest BCUT2D eigenvalue weighted by Crippen LogP contribution is -2.41. The third kappa shape index (κ3) is 2.75. The highest BCUT2D eigenvalue weighted by atomic mass is 19.3. The zero-order valence-electron chi connectivity index (χ0n) is 11.1. The summed E-state index contributed by atoms with van der Waals surface area (Å²) in [5.41, 5.74) is -0.0668. The normalized spacial score (nSPS) is 18.0. The lowest BCUT2D eigenvalue weighted by molar-refractivity contribution is -0.147. The second-order valence-electron chi connectivity index (χ2n) is 4.86. The maximum atomic E-state index is 12.4. The molecule has 1 N–H and O–H groups in total. The largest absolute Gasteiger partial charge is 0.481 e. The van der Waals surface area contributed by atoms with Crippen LogP contribution in [-0.2, 0) is 14.9 Å². The van der Waals surface area contributed by atoms with E-state index in [2.05, 4.69) is 4.74 Å². The molecule has 2 rings (SSSR count). The Labute approximate surface area is 115 Å². The van der Waals surface area contributed by atoms with Crippen LogP contribution in [0.25, 0.3) is 0 Å². The summed E-state index contributed by atoms with van der Waals surface area (Å²) in [4.78, 5) is 11.7. The molecule has 1 aliphatic rings. The predicted octanol–water partition coefficient (Wildman–Crippen LogP) is 2.73. The first-order valence-corrected chi connectivity index (χ1v) is 6.33. The van der Waals surface area contributed by atoms with Crippen LogP contribution < -0.4 is 4.74 Å². The first-order chi connectivity index (χ1) is 9.45. The summed E-state index contributed by atoms with van der Waals surface area (Å²) in [5.74, 6) is -0.947. The van der Waals surface area contributed by atoms with Crippen molar-refractivity contribution in [3.8, 4) is 5.75 Å². The summed E-state index contributed by atoms with van der Waals surface area (Å²) >= 11 is 0. The molecule has 0 bridgehead atoms. The number of alkyl halides is 2. The Hall–Kier alpha value is -1.69. The van der Waals surface area contributed by atoms with Crippen LogP contribution >= 0.6 is 0 Å². The number of carbonyl (C=O) groups is 1. The van der Waals surface area contributed by atoms with Gasteiger partial charge in [-0.1, -0.05) is 12.1 Å². The summed E-state index contributed by atoms with van der Waals surface area (Å²) in [6.45, 7) is -0.616. The Morgan fingerprint density at radius 3 is 2.60 bits per heavy atom. The van der Waals surface area contributed by atoms with Crippen LogP contribution in [0.1, 0.15) is 24.0 Å². The molecule has 6 heteroatoms. The van der Waals surface area contributed by atoms with Crippen molar-refractivity contribution in [3.63, 3.8) is 0 Å². The minimum atomic E-state index is -2.93. The molecule has 0 aliphatic carbocycles. The molecule has 1 fully saturated rings. The SMILES string of the molecule is Cc1ccc(C2(C(=O)O)CCOCC2)cc1OC(F)F. The predicted molar refractivity (Wildman–Crippen MR) is 67.2 cm³/mol. The van der Waals surface area contributed by atoms with Crippen molar-refractivity contribution in [1.29, 1.82) is 0 Å². The molecule has 0 unspecified atom stereocenters. The van der Waals surface area contributed by atoms with Crippen molar-refractivity contribution < 1.29 is 28.2 Å². The molecule has 0 saturated carbocycles. The van der Waals surface area contributed by atoms with Gasteiger partial charge in [-0.05, 0) is 37.0 Å². The topological polar surface area (TPSA) is 55.8 Å². The molecule has 1 aromatic rings. The highest BCUT2D eigenvalue weighted by Gasteiger charge is 2.42. The maximum Gasteiger partial charge on any atom is 0.387 e. The molecular formula is C14H16F2O4. The monoisotopic (exact) mass is 286 g/mol. The Morgan fingerprint density at radius 2 is 2.05 bits per heavy atom. The number of ether oxygens (including phenoxy) is 2. The van der Waals surface area contributed by atoms with E-state index in [1.165, 1.54) is 6.07 Å². The molecule has 0 aromatic heterocycles. The van der Waals surface area contributed by atoms with Crippen molar-refractivity contribution >= 4 is 5.97 Å². The Kier molecular flexibility index (Phi) is 4.23. The number of hydrogen-bond donors (Lipinski definition) is 1. The highest BCUT2D eigenvalue weighted by Crippen LogP contribution is 2.37. The van der Waals surface area contributed by atoms with Gasteiger partial charge in [0.25, 0.3) is 0 Å². The van der Waals surface area contributed by atoms with E-state index in [-0.39, 0.29) is 5.75 Å². The molecule has 0 spiro atoms. The summed E-state index contributed by atoms with van der Waals surface area (Å²) in [5, 5.41) is 9.54. The highest BCUT2D eigenvalue weighted by molar-refractivity contribution is 5.81. The standard InChI is InChI=1S/C14H16F2O4/c1-9-2-3-10(8-11(9)20-13(15)16)14(12(17)18)4-6-19-7-5-14/h2-3,8,13H,4-7H2,1H3,(H,17,18). The number of aliphatic carboxylic acids is 1. The van der Waals surface area contributed by atoms with Crippen LogP contribution in [0.5, 0.6) is 5.75 Å². The van der Waals surface area contributed by atoms with Crippen molar-refractivity contribution in [2.24, 2.45) is 0 Å². The molecule has 1 aromatic carbocycles. The summed E-state index contributed by atoms with van der Waals surface area (Å²) in [6, 6.07) is 4.67. The van der Waals surface area contributed by atoms with E-state index in [4.69, 9.17) is 4.74 Å². The van der Waals surface area contributed by atoms with E-state index in [1.54, 1.807) is 19.1 Å². The fraction of sp³-hybridized carbons (Fsp3) is 0.500. The smallest absolute Gasteiger partial charge is 0.387 e. The van der Waals surface area contributed by atoms with Crippen LogP contribution in [-0.4, -0.2) is 30.9 Å². The van der Waals surface area contributed by atoms with Gasteiger partial charge >= 0.3 is 12.6 Å². The molecule has 20 heavy (non-hydrogen) atoms. The van der Waals surface area contributed by atoms with E-state index in [0.717, 1.165) is 0 Å². The Balaban J connectivity index is 2.41. The third-order valence-corrected chi connectivity index (χ3v) is 3.71. The Bertz CT molecular complexity index is 496. The molecule has 1 aliphatic heterocycles. The van der Waals surface area contributed by atoms with Crippen LogP contribution in [0.4, 0.5) is 8.78 Å². The van der Waals surface area contributed by atoms with Crippen molar-refractivity contribution in [2.75, 3.05) is 13.2 Å². The number of benzene rings is 1. The fourth-order valence-corrected chi connectivity index (χ4v) is 2.47. The van der Waals surface area contributed by atoms with E-state index in [1.807, 2.05) is 0 Å². The molecular weight excluding hydrogens is 270 g/mol. The van der Waals surface area contributed by atoms with Gasteiger partial charge in [0.1, 0.15) is 5.75 Å². The van der Waals surface area contributed by atoms with E-state index < -0.39 is 18.0 Å². The van der Waals surface area contributed by atoms with E-state index in [9.17, 15) is 18.7 Å². The van der Waals surface area contributed by atoms with Gasteiger partial charge in [0.15, 0.2) is 0 Å². The number of rotatable bonds is 4. The average molecular weight is 286 g/mol. The minimum Gasteiger partial charge on any atom is -0.481 e. The van der Waals surface area contributed by atoms with Gasteiger partial charge in [0.2, 0.25) is 0 Å². The minimum absolute atomic E-state index is 0.0182. The molecule has 1 saturated heterocycles. The number of aryl methyl sites for hydroxylation is 1. The van der Waals surface area contributed by atoms with E-state index in [0.29, 0.717) is 37.2 Å². The quantitative estimate of drug-likeness (QED) is 0.924. The lowest BCUT2D eigenvalue weighted by Gasteiger charge is -2.33. The molecule has 110 valence electrons. The van der Waals surface area contributed by atoms with Crippen molar-refractivity contribution in [2.45, 2.75) is 31.8 Å². The van der Waals surface area contributed by atoms with Gasteiger partial charge in [0.05, 0.1) is 5.41 Å². The second-order valence-corrected chi connectivity index (χ2v) is 4.86. The molecule has 0 atom stereocenters. The van der Waals surface area contributed by atoms with Gasteiger partial charge in [-0.25, -0.2) is 0 Å². The van der Waals surface area contributed by atoms with Gasteiger partial charge in [0, 0.05) is 13.2 Å². The van der Waals surface area contributed by atoms with Crippen molar-refractivity contribution in [1.82, 2.24) is 0 Å². The van der Waals surface area contributed by atoms with Crippen LogP contribution in [0.3, 0.4) is 0 Å². The Morgan fingerprint density at radius 1 is 1.40 bits per heavy atom. The van der Waals surface area contributed by atoms with Gasteiger partial charge in [-0.3, -0.25) is 4.79 Å². The summed E-state index contributed by atoms with van der Waals surface area (Å²) < 4.78 is 34.4. The van der Waals surface area contributed by atoms with Crippen LogP contribution in [0.15, 0.2) is 18.2 Å².